The number of halogens is 1. The number of carboxylic acid groups (broad SMARTS) is 1. The molecule has 0 aliphatic heterocycles. The van der Waals surface area contributed by atoms with Crippen LogP contribution in [-0.2, 0) is 4.79 Å². The zero-order valence-electron chi connectivity index (χ0n) is 18.3. The van der Waals surface area contributed by atoms with Crippen molar-refractivity contribution in [2.75, 3.05) is 13.7 Å². The predicted molar refractivity (Wildman–Crippen MR) is 123 cm³/mol. The maximum Gasteiger partial charge on any atom is 0.303 e. The fraction of sp³-hybridized carbons (Fsp3) is 0.542. The first-order valence-electron chi connectivity index (χ1n) is 11.0. The van der Waals surface area contributed by atoms with Crippen LogP contribution in [0, 0.1) is 17.7 Å². The SMILES string of the molecule is COc1cc(C2CCC(COc3cc([C@@H](CC(=O)O)C4CC4)ccn3)CC2)c(F)cn1.S. The van der Waals surface area contributed by atoms with E-state index in [0.29, 0.717) is 35.8 Å². The second-order valence-corrected chi connectivity index (χ2v) is 8.75. The van der Waals surface area contributed by atoms with Crippen molar-refractivity contribution in [3.8, 4) is 11.8 Å². The van der Waals surface area contributed by atoms with E-state index < -0.39 is 5.97 Å². The molecule has 2 aliphatic rings. The zero-order valence-corrected chi connectivity index (χ0v) is 19.3. The van der Waals surface area contributed by atoms with Gasteiger partial charge >= 0.3 is 5.97 Å². The number of rotatable bonds is 9. The predicted octanol–water partition coefficient (Wildman–Crippen LogP) is 5.06. The molecule has 1 atom stereocenters. The molecule has 32 heavy (non-hydrogen) atoms. The molecule has 2 aromatic heterocycles. The minimum atomic E-state index is -0.767. The number of hydrogen-bond acceptors (Lipinski definition) is 5. The molecule has 2 heterocycles. The van der Waals surface area contributed by atoms with Gasteiger partial charge in [0.25, 0.3) is 0 Å². The molecule has 1 N–H and O–H groups in total. The minimum absolute atomic E-state index is 0. The van der Waals surface area contributed by atoms with Gasteiger partial charge in [-0.1, -0.05) is 0 Å². The van der Waals surface area contributed by atoms with Crippen LogP contribution in [0.4, 0.5) is 4.39 Å². The van der Waals surface area contributed by atoms with E-state index in [-0.39, 0.29) is 37.6 Å². The minimum Gasteiger partial charge on any atom is -0.481 e. The summed E-state index contributed by atoms with van der Waals surface area (Å²) in [5.41, 5.74) is 1.69. The summed E-state index contributed by atoms with van der Waals surface area (Å²) in [6, 6.07) is 5.51. The Labute approximate surface area is 195 Å². The lowest BCUT2D eigenvalue weighted by Crippen LogP contribution is -2.20. The summed E-state index contributed by atoms with van der Waals surface area (Å²) in [5.74, 6) is 1.01. The Bertz CT molecular complexity index is 917. The number of nitrogens with zero attached hydrogens (tertiary/aromatic N) is 2. The van der Waals surface area contributed by atoms with Gasteiger partial charge in [-0.2, -0.15) is 13.5 Å². The number of methoxy groups -OCH3 is 1. The molecule has 2 fully saturated rings. The summed E-state index contributed by atoms with van der Waals surface area (Å²) in [5, 5.41) is 9.23. The molecule has 0 saturated heterocycles. The Morgan fingerprint density at radius 3 is 2.56 bits per heavy atom. The average molecular weight is 463 g/mol. The summed E-state index contributed by atoms with van der Waals surface area (Å²) < 4.78 is 25.3. The maximum absolute atomic E-state index is 14.2. The lowest BCUT2D eigenvalue weighted by Gasteiger charge is -2.29. The smallest absolute Gasteiger partial charge is 0.303 e. The third-order valence-corrected chi connectivity index (χ3v) is 6.60. The third-order valence-electron chi connectivity index (χ3n) is 6.60. The molecule has 0 spiro atoms. The summed E-state index contributed by atoms with van der Waals surface area (Å²) in [6.07, 6.45) is 8.97. The van der Waals surface area contributed by atoms with E-state index in [1.165, 1.54) is 13.3 Å². The van der Waals surface area contributed by atoms with Gasteiger partial charge in [-0.25, -0.2) is 14.4 Å². The normalized spacial score (nSPS) is 21.3. The fourth-order valence-electron chi connectivity index (χ4n) is 4.68. The van der Waals surface area contributed by atoms with Crippen LogP contribution in [0.1, 0.15) is 67.9 Å². The van der Waals surface area contributed by atoms with Crippen molar-refractivity contribution in [1.29, 1.82) is 0 Å². The molecule has 0 aromatic carbocycles. The molecule has 2 saturated carbocycles. The van der Waals surface area contributed by atoms with Crippen LogP contribution in [0.15, 0.2) is 30.6 Å². The Morgan fingerprint density at radius 2 is 1.91 bits per heavy atom. The van der Waals surface area contributed by atoms with Crippen LogP contribution < -0.4 is 9.47 Å². The quantitative estimate of drug-likeness (QED) is 0.561. The van der Waals surface area contributed by atoms with Gasteiger partial charge in [-0.15, -0.1) is 0 Å². The lowest BCUT2D eigenvalue weighted by molar-refractivity contribution is -0.137. The van der Waals surface area contributed by atoms with Crippen molar-refractivity contribution < 1.29 is 23.8 Å². The monoisotopic (exact) mass is 462 g/mol. The molecule has 0 bridgehead atoms. The Morgan fingerprint density at radius 1 is 1.16 bits per heavy atom. The number of carbonyl (C=O) groups is 1. The molecule has 4 rings (SSSR count). The number of carboxylic acids is 1. The van der Waals surface area contributed by atoms with Crippen molar-refractivity contribution in [2.24, 2.45) is 11.8 Å². The maximum atomic E-state index is 14.2. The second kappa shape index (κ2) is 11.0. The lowest BCUT2D eigenvalue weighted by atomic mass is 9.79. The number of aromatic nitrogens is 2. The average Bonchev–Trinajstić information content (AvgIpc) is 3.62. The zero-order chi connectivity index (χ0) is 21.8. The summed E-state index contributed by atoms with van der Waals surface area (Å²) in [4.78, 5) is 19.5. The van der Waals surface area contributed by atoms with Crippen LogP contribution in [0.2, 0.25) is 0 Å². The van der Waals surface area contributed by atoms with Crippen LogP contribution >= 0.6 is 13.5 Å². The van der Waals surface area contributed by atoms with Gasteiger partial charge in [-0.3, -0.25) is 4.79 Å². The van der Waals surface area contributed by atoms with E-state index in [9.17, 15) is 14.3 Å². The highest BCUT2D eigenvalue weighted by molar-refractivity contribution is 7.59. The Hall–Kier alpha value is -2.35. The standard InChI is InChI=1S/C24H29FN2O4.H2S/c1-30-22-11-20(21(25)13-27-22)17-4-2-15(3-5-17)14-31-23-10-18(8-9-26-23)19(12-24(28)29)16-6-7-16;/h8-11,13,15-17,19H,2-7,12,14H2,1H3,(H,28,29);1H2/t15?,17?,19-;/m0./s1. The largest absolute Gasteiger partial charge is 0.481 e. The molecule has 8 heteroatoms. The van der Waals surface area contributed by atoms with Crippen molar-refractivity contribution in [3.05, 3.63) is 47.5 Å². The molecule has 174 valence electrons. The fourth-order valence-corrected chi connectivity index (χ4v) is 4.68. The topological polar surface area (TPSA) is 81.5 Å². The summed E-state index contributed by atoms with van der Waals surface area (Å²) in [7, 11) is 1.54. The number of ether oxygens (including phenoxy) is 2. The number of hydrogen-bond donors (Lipinski definition) is 1. The summed E-state index contributed by atoms with van der Waals surface area (Å²) in [6.45, 7) is 0.568. The first-order valence-corrected chi connectivity index (χ1v) is 11.0. The molecule has 0 unspecified atom stereocenters. The van der Waals surface area contributed by atoms with E-state index >= 15 is 0 Å². The molecule has 2 aliphatic carbocycles. The number of aliphatic carboxylic acids is 1. The molecular weight excluding hydrogens is 431 g/mol. The molecule has 0 amide bonds. The van der Waals surface area contributed by atoms with Crippen LogP contribution in [0.3, 0.4) is 0 Å². The van der Waals surface area contributed by atoms with E-state index in [0.717, 1.165) is 44.1 Å². The first-order chi connectivity index (χ1) is 15.0. The van der Waals surface area contributed by atoms with E-state index in [1.807, 2.05) is 12.1 Å². The second-order valence-electron chi connectivity index (χ2n) is 8.75. The van der Waals surface area contributed by atoms with Crippen molar-refractivity contribution >= 4 is 19.5 Å². The van der Waals surface area contributed by atoms with Gasteiger partial charge < -0.3 is 14.6 Å². The van der Waals surface area contributed by atoms with Crippen LogP contribution in [0.25, 0.3) is 0 Å². The molecule has 6 nitrogen and oxygen atoms in total. The van der Waals surface area contributed by atoms with Crippen molar-refractivity contribution in [3.63, 3.8) is 0 Å². The van der Waals surface area contributed by atoms with Gasteiger partial charge in [0, 0.05) is 18.3 Å². The van der Waals surface area contributed by atoms with E-state index in [1.54, 1.807) is 12.3 Å². The first kappa shape index (κ1) is 24.3. The van der Waals surface area contributed by atoms with E-state index in [2.05, 4.69) is 9.97 Å². The van der Waals surface area contributed by atoms with Crippen molar-refractivity contribution in [2.45, 2.75) is 56.8 Å². The van der Waals surface area contributed by atoms with Crippen molar-refractivity contribution in [1.82, 2.24) is 9.97 Å². The van der Waals surface area contributed by atoms with Gasteiger partial charge in [0.1, 0.15) is 5.82 Å². The molecular formula is C24H31FN2O4S. The molecule has 0 radical (unpaired) electrons. The highest BCUT2D eigenvalue weighted by atomic mass is 32.1. The van der Waals surface area contributed by atoms with Crippen LogP contribution in [0.5, 0.6) is 11.8 Å². The highest BCUT2D eigenvalue weighted by Gasteiger charge is 2.34. The molecule has 2 aromatic rings. The highest BCUT2D eigenvalue weighted by Crippen LogP contribution is 2.45. The van der Waals surface area contributed by atoms with Gasteiger partial charge in [0.05, 0.1) is 26.3 Å². The Balaban J connectivity index is 0.00000289. The summed E-state index contributed by atoms with van der Waals surface area (Å²) >= 11 is 0. The van der Waals surface area contributed by atoms with Gasteiger partial charge in [-0.05, 0) is 79.4 Å². The number of pyridine rings is 2. The third kappa shape index (κ3) is 6.12. The van der Waals surface area contributed by atoms with Crippen LogP contribution in [-0.4, -0.2) is 34.8 Å². The Kier molecular flexibility index (Phi) is 8.34. The van der Waals surface area contributed by atoms with Gasteiger partial charge in [0.15, 0.2) is 0 Å². The van der Waals surface area contributed by atoms with Gasteiger partial charge in [0.2, 0.25) is 11.8 Å². The van der Waals surface area contributed by atoms with E-state index in [4.69, 9.17) is 9.47 Å².